The molecule has 0 saturated heterocycles. The van der Waals surface area contributed by atoms with E-state index in [1.165, 1.54) is 0 Å². The fraction of sp³-hybridized carbons (Fsp3) is 0.130. The van der Waals surface area contributed by atoms with Gasteiger partial charge in [-0.3, -0.25) is 4.98 Å². The number of aromatic nitrogens is 5. The van der Waals surface area contributed by atoms with E-state index in [4.69, 9.17) is 9.40 Å². The van der Waals surface area contributed by atoms with Gasteiger partial charge in [0.2, 0.25) is 5.89 Å². The SMILES string of the molecule is CCc1cccc(-c2cc(-c3ncco3)c3cnn(-c4cccc(CO)n4)c3c2)n1. The summed E-state index contributed by atoms with van der Waals surface area (Å²) in [6, 6.07) is 15.6. The predicted octanol–water partition coefficient (Wildman–Crippen LogP) is 4.19. The van der Waals surface area contributed by atoms with Gasteiger partial charge in [0.25, 0.3) is 0 Å². The maximum absolute atomic E-state index is 9.46. The first-order valence-corrected chi connectivity index (χ1v) is 9.72. The smallest absolute Gasteiger partial charge is 0.226 e. The molecule has 7 nitrogen and oxygen atoms in total. The molecule has 0 aliphatic carbocycles. The summed E-state index contributed by atoms with van der Waals surface area (Å²) in [5.41, 5.74) is 5.10. The molecule has 0 amide bonds. The Labute approximate surface area is 172 Å². The van der Waals surface area contributed by atoms with E-state index in [0.29, 0.717) is 17.4 Å². The van der Waals surface area contributed by atoms with Crippen LogP contribution in [0.25, 0.3) is 39.4 Å². The van der Waals surface area contributed by atoms with Crippen molar-refractivity contribution >= 4 is 10.9 Å². The van der Waals surface area contributed by atoms with E-state index in [-0.39, 0.29) is 6.61 Å². The Kier molecular flexibility index (Phi) is 4.57. The van der Waals surface area contributed by atoms with Crippen molar-refractivity contribution in [1.29, 1.82) is 0 Å². The van der Waals surface area contributed by atoms with Crippen LogP contribution in [0.3, 0.4) is 0 Å². The lowest BCUT2D eigenvalue weighted by Crippen LogP contribution is -2.02. The van der Waals surface area contributed by atoms with Gasteiger partial charge in [-0.05, 0) is 42.8 Å². The Hall–Kier alpha value is -3.84. The molecule has 0 aliphatic heterocycles. The van der Waals surface area contributed by atoms with Gasteiger partial charge < -0.3 is 9.52 Å². The first kappa shape index (κ1) is 18.2. The number of aryl methyl sites for hydroxylation is 1. The van der Waals surface area contributed by atoms with E-state index in [1.54, 1.807) is 29.4 Å². The number of pyridine rings is 2. The second-order valence-corrected chi connectivity index (χ2v) is 6.86. The minimum absolute atomic E-state index is 0.131. The highest BCUT2D eigenvalue weighted by Crippen LogP contribution is 2.33. The lowest BCUT2D eigenvalue weighted by molar-refractivity contribution is 0.276. The average Bonchev–Trinajstić information content (AvgIpc) is 3.49. The van der Waals surface area contributed by atoms with Crippen molar-refractivity contribution in [3.05, 3.63) is 78.6 Å². The number of nitrogens with zero attached hydrogens (tertiary/aromatic N) is 5. The molecule has 0 saturated carbocycles. The normalized spacial score (nSPS) is 11.3. The van der Waals surface area contributed by atoms with Crippen molar-refractivity contribution in [1.82, 2.24) is 24.7 Å². The zero-order valence-electron chi connectivity index (χ0n) is 16.4. The zero-order valence-corrected chi connectivity index (χ0v) is 16.4. The number of aliphatic hydroxyl groups is 1. The van der Waals surface area contributed by atoms with Crippen molar-refractivity contribution in [2.75, 3.05) is 0 Å². The fourth-order valence-corrected chi connectivity index (χ4v) is 3.50. The van der Waals surface area contributed by atoms with Crippen LogP contribution in [-0.4, -0.2) is 29.8 Å². The maximum Gasteiger partial charge on any atom is 0.226 e. The van der Waals surface area contributed by atoms with Gasteiger partial charge in [0.15, 0.2) is 5.82 Å². The first-order valence-electron chi connectivity index (χ1n) is 9.72. The molecule has 1 aromatic carbocycles. The lowest BCUT2D eigenvalue weighted by Gasteiger charge is -2.09. The molecule has 0 atom stereocenters. The Balaban J connectivity index is 1.77. The molecule has 0 fully saturated rings. The number of hydrogen-bond donors (Lipinski definition) is 1. The maximum atomic E-state index is 9.46. The monoisotopic (exact) mass is 397 g/mol. The third-order valence-corrected chi connectivity index (χ3v) is 4.99. The summed E-state index contributed by atoms with van der Waals surface area (Å²) >= 11 is 0. The van der Waals surface area contributed by atoms with Gasteiger partial charge >= 0.3 is 0 Å². The summed E-state index contributed by atoms with van der Waals surface area (Å²) in [4.78, 5) is 13.6. The van der Waals surface area contributed by atoms with Crippen molar-refractivity contribution in [3.8, 4) is 28.5 Å². The Morgan fingerprint density at radius 2 is 1.90 bits per heavy atom. The summed E-state index contributed by atoms with van der Waals surface area (Å²) in [6.07, 6.45) is 5.82. The van der Waals surface area contributed by atoms with E-state index in [9.17, 15) is 5.11 Å². The summed E-state index contributed by atoms with van der Waals surface area (Å²) < 4.78 is 7.36. The number of fused-ring (bicyclic) bond motifs is 1. The molecule has 0 bridgehead atoms. The largest absolute Gasteiger partial charge is 0.445 e. The molecule has 4 aromatic heterocycles. The van der Waals surface area contributed by atoms with E-state index >= 15 is 0 Å². The van der Waals surface area contributed by atoms with Crippen molar-refractivity contribution < 1.29 is 9.52 Å². The summed E-state index contributed by atoms with van der Waals surface area (Å²) in [6.45, 7) is 1.95. The van der Waals surface area contributed by atoms with Gasteiger partial charge in [-0.25, -0.2) is 14.6 Å². The van der Waals surface area contributed by atoms with Crippen LogP contribution in [0.4, 0.5) is 0 Å². The predicted molar refractivity (Wildman–Crippen MR) is 113 cm³/mol. The zero-order chi connectivity index (χ0) is 20.5. The molecule has 148 valence electrons. The van der Waals surface area contributed by atoms with Crippen molar-refractivity contribution in [2.24, 2.45) is 0 Å². The van der Waals surface area contributed by atoms with Crippen LogP contribution in [0.15, 0.2) is 71.6 Å². The van der Waals surface area contributed by atoms with Crippen LogP contribution >= 0.6 is 0 Å². The molecule has 0 aliphatic rings. The van der Waals surface area contributed by atoms with Gasteiger partial charge in [-0.15, -0.1) is 0 Å². The second kappa shape index (κ2) is 7.53. The van der Waals surface area contributed by atoms with E-state index < -0.39 is 0 Å². The average molecular weight is 397 g/mol. The molecule has 0 unspecified atom stereocenters. The van der Waals surface area contributed by atoms with Crippen LogP contribution in [0.1, 0.15) is 18.3 Å². The molecule has 5 rings (SSSR count). The number of oxazole rings is 1. The van der Waals surface area contributed by atoms with Crippen LogP contribution < -0.4 is 0 Å². The minimum atomic E-state index is -0.131. The molecule has 0 radical (unpaired) electrons. The molecule has 4 heterocycles. The standard InChI is InChI=1S/C23H19N5O2/c1-2-16-5-3-7-20(26-16)15-11-18(23-24-9-10-30-23)19-13-25-28(21(19)12-15)22-8-4-6-17(14-29)27-22/h3-13,29H,2,14H2,1H3. The number of benzene rings is 1. The molecule has 1 N–H and O–H groups in total. The molecular formula is C23H19N5O2. The highest BCUT2D eigenvalue weighted by molar-refractivity contribution is 5.96. The Morgan fingerprint density at radius 3 is 2.70 bits per heavy atom. The number of rotatable bonds is 5. The molecular weight excluding hydrogens is 378 g/mol. The van der Waals surface area contributed by atoms with E-state index in [2.05, 4.69) is 22.0 Å². The highest BCUT2D eigenvalue weighted by Gasteiger charge is 2.17. The molecule has 7 heteroatoms. The number of aliphatic hydroxyl groups excluding tert-OH is 1. The van der Waals surface area contributed by atoms with Crippen molar-refractivity contribution in [3.63, 3.8) is 0 Å². The van der Waals surface area contributed by atoms with Crippen LogP contribution in [-0.2, 0) is 13.0 Å². The van der Waals surface area contributed by atoms with E-state index in [0.717, 1.165) is 39.8 Å². The Bertz CT molecular complexity index is 1320. The van der Waals surface area contributed by atoms with Gasteiger partial charge in [-0.2, -0.15) is 5.10 Å². The summed E-state index contributed by atoms with van der Waals surface area (Å²) in [7, 11) is 0. The number of hydrogen-bond acceptors (Lipinski definition) is 6. The van der Waals surface area contributed by atoms with Gasteiger partial charge in [0.05, 0.1) is 35.9 Å². The van der Waals surface area contributed by atoms with Gasteiger partial charge in [0.1, 0.15) is 6.26 Å². The molecule has 0 spiro atoms. The van der Waals surface area contributed by atoms with Gasteiger partial charge in [0, 0.05) is 22.2 Å². The fourth-order valence-electron chi connectivity index (χ4n) is 3.50. The Morgan fingerprint density at radius 1 is 1.03 bits per heavy atom. The summed E-state index contributed by atoms with van der Waals surface area (Å²) in [5, 5.41) is 14.9. The second-order valence-electron chi connectivity index (χ2n) is 6.86. The minimum Gasteiger partial charge on any atom is -0.445 e. The third-order valence-electron chi connectivity index (χ3n) is 4.99. The van der Waals surface area contributed by atoms with Crippen LogP contribution in [0, 0.1) is 0 Å². The van der Waals surface area contributed by atoms with Crippen molar-refractivity contribution in [2.45, 2.75) is 20.0 Å². The van der Waals surface area contributed by atoms with Gasteiger partial charge in [-0.1, -0.05) is 19.1 Å². The summed E-state index contributed by atoms with van der Waals surface area (Å²) in [5.74, 6) is 1.15. The molecule has 5 aromatic rings. The van der Waals surface area contributed by atoms with Crippen LogP contribution in [0.5, 0.6) is 0 Å². The van der Waals surface area contributed by atoms with Crippen LogP contribution in [0.2, 0.25) is 0 Å². The topological polar surface area (TPSA) is 89.9 Å². The third kappa shape index (κ3) is 3.15. The molecule has 30 heavy (non-hydrogen) atoms. The highest BCUT2D eigenvalue weighted by atomic mass is 16.3. The quantitative estimate of drug-likeness (QED) is 0.478. The van der Waals surface area contributed by atoms with E-state index in [1.807, 2.05) is 42.5 Å². The lowest BCUT2D eigenvalue weighted by atomic mass is 10.0. The first-order chi connectivity index (χ1) is 14.8.